The molecule has 108 valence electrons. The number of carbonyl (C=O) groups is 1. The highest BCUT2D eigenvalue weighted by molar-refractivity contribution is 6.30. The number of anilines is 1. The van der Waals surface area contributed by atoms with E-state index in [0.29, 0.717) is 16.3 Å². The number of aryl methyl sites for hydroxylation is 2. The molecule has 2 aromatic rings. The number of Topliss-reactive ketones (excluding diaryl/α,β-unsaturated/α-hetero) is 1. The van der Waals surface area contributed by atoms with Gasteiger partial charge < -0.3 is 5.32 Å². The molecule has 0 fully saturated rings. The van der Waals surface area contributed by atoms with Gasteiger partial charge in [0.15, 0.2) is 5.78 Å². The number of hydrogen-bond donors (Lipinski definition) is 1. The van der Waals surface area contributed by atoms with E-state index in [4.69, 9.17) is 11.6 Å². The average Bonchev–Trinajstić information content (AvgIpc) is 2.43. The largest absolute Gasteiger partial charge is 0.359 e. The van der Waals surface area contributed by atoms with Gasteiger partial charge in [0.1, 0.15) is 0 Å². The van der Waals surface area contributed by atoms with Gasteiger partial charge in [0, 0.05) is 22.0 Å². The second-order valence-electron chi connectivity index (χ2n) is 5.13. The molecule has 0 saturated carbocycles. The number of ketones is 1. The molecular formula is C18H18ClNO. The molecule has 0 aromatic heterocycles. The summed E-state index contributed by atoms with van der Waals surface area (Å²) >= 11 is 5.82. The van der Waals surface area contributed by atoms with Crippen molar-refractivity contribution in [3.8, 4) is 0 Å². The Kier molecular flexibility index (Phi) is 4.81. The molecule has 0 spiro atoms. The molecule has 0 radical (unpaired) electrons. The van der Waals surface area contributed by atoms with Crippen LogP contribution in [0.4, 0.5) is 5.69 Å². The first-order valence-corrected chi connectivity index (χ1v) is 7.14. The second kappa shape index (κ2) is 6.59. The summed E-state index contributed by atoms with van der Waals surface area (Å²) in [7, 11) is 0. The van der Waals surface area contributed by atoms with E-state index in [9.17, 15) is 4.79 Å². The van der Waals surface area contributed by atoms with Crippen LogP contribution in [0.15, 0.2) is 54.7 Å². The third-order valence-corrected chi connectivity index (χ3v) is 3.62. The zero-order chi connectivity index (χ0) is 15.4. The van der Waals surface area contributed by atoms with Crippen molar-refractivity contribution in [1.29, 1.82) is 0 Å². The number of nitrogens with one attached hydrogen (secondary N) is 1. The van der Waals surface area contributed by atoms with Gasteiger partial charge >= 0.3 is 0 Å². The summed E-state index contributed by atoms with van der Waals surface area (Å²) in [6.07, 6.45) is 0.258. The highest BCUT2D eigenvalue weighted by Crippen LogP contribution is 2.18. The van der Waals surface area contributed by atoms with Crippen LogP contribution < -0.4 is 5.32 Å². The van der Waals surface area contributed by atoms with E-state index in [1.807, 2.05) is 18.2 Å². The van der Waals surface area contributed by atoms with E-state index in [1.54, 1.807) is 24.3 Å². The van der Waals surface area contributed by atoms with Crippen LogP contribution >= 0.6 is 11.6 Å². The summed E-state index contributed by atoms with van der Waals surface area (Å²) in [5, 5.41) is 3.80. The van der Waals surface area contributed by atoms with Crippen LogP contribution in [0.1, 0.15) is 27.9 Å². The molecule has 0 unspecified atom stereocenters. The highest BCUT2D eigenvalue weighted by atomic mass is 35.5. The van der Waals surface area contributed by atoms with Crippen molar-refractivity contribution >= 4 is 23.1 Å². The van der Waals surface area contributed by atoms with Gasteiger partial charge in [-0.2, -0.15) is 0 Å². The zero-order valence-electron chi connectivity index (χ0n) is 12.2. The molecule has 0 aliphatic rings. The van der Waals surface area contributed by atoms with Crippen molar-refractivity contribution in [3.05, 3.63) is 76.5 Å². The molecule has 0 saturated heterocycles. The molecule has 2 aromatic carbocycles. The Morgan fingerprint density at radius 3 is 2.38 bits per heavy atom. The SMILES string of the molecule is C=C(CC(=O)c1ccc(Cl)cc1)Nc1ccc(C)c(C)c1. The van der Waals surface area contributed by atoms with Gasteiger partial charge in [0.2, 0.25) is 0 Å². The lowest BCUT2D eigenvalue weighted by atomic mass is 10.1. The van der Waals surface area contributed by atoms with Crippen LogP contribution in [0.5, 0.6) is 0 Å². The number of allylic oxidation sites excluding steroid dienone is 1. The van der Waals surface area contributed by atoms with Crippen molar-refractivity contribution in [2.75, 3.05) is 5.32 Å². The predicted molar refractivity (Wildman–Crippen MR) is 89.1 cm³/mol. The van der Waals surface area contributed by atoms with E-state index >= 15 is 0 Å². The van der Waals surface area contributed by atoms with E-state index in [2.05, 4.69) is 25.7 Å². The molecule has 21 heavy (non-hydrogen) atoms. The van der Waals surface area contributed by atoms with Crippen LogP contribution in [0.2, 0.25) is 5.02 Å². The Labute approximate surface area is 130 Å². The molecule has 1 N–H and O–H groups in total. The van der Waals surface area contributed by atoms with E-state index in [0.717, 1.165) is 5.69 Å². The number of carbonyl (C=O) groups excluding carboxylic acids is 1. The minimum absolute atomic E-state index is 0.0213. The summed E-state index contributed by atoms with van der Waals surface area (Å²) in [5.74, 6) is 0.0213. The lowest BCUT2D eigenvalue weighted by Gasteiger charge is -2.11. The Hall–Kier alpha value is -2.06. The average molecular weight is 300 g/mol. The van der Waals surface area contributed by atoms with Crippen molar-refractivity contribution in [2.45, 2.75) is 20.3 Å². The van der Waals surface area contributed by atoms with Crippen molar-refractivity contribution in [1.82, 2.24) is 0 Å². The van der Waals surface area contributed by atoms with Crippen LogP contribution in [0, 0.1) is 13.8 Å². The first-order valence-electron chi connectivity index (χ1n) is 6.76. The monoisotopic (exact) mass is 299 g/mol. The summed E-state index contributed by atoms with van der Waals surface area (Å²) in [6, 6.07) is 13.0. The highest BCUT2D eigenvalue weighted by Gasteiger charge is 2.08. The predicted octanol–water partition coefficient (Wildman–Crippen LogP) is 5.16. The van der Waals surface area contributed by atoms with Crippen LogP contribution in [0.25, 0.3) is 0 Å². The molecule has 2 nitrogen and oxygen atoms in total. The summed E-state index contributed by atoms with van der Waals surface area (Å²) in [5.41, 5.74) is 4.72. The van der Waals surface area contributed by atoms with E-state index in [1.165, 1.54) is 11.1 Å². The molecule has 0 atom stereocenters. The topological polar surface area (TPSA) is 29.1 Å². The third-order valence-electron chi connectivity index (χ3n) is 3.37. The van der Waals surface area contributed by atoms with Gasteiger partial charge in [-0.3, -0.25) is 4.79 Å². The molecule has 0 amide bonds. The molecule has 2 rings (SSSR count). The van der Waals surface area contributed by atoms with Crippen LogP contribution in [-0.2, 0) is 0 Å². The fourth-order valence-electron chi connectivity index (χ4n) is 2.00. The Morgan fingerprint density at radius 1 is 1.10 bits per heavy atom. The van der Waals surface area contributed by atoms with Gasteiger partial charge in [-0.05, 0) is 61.4 Å². The second-order valence-corrected chi connectivity index (χ2v) is 5.57. The molecule has 0 aliphatic carbocycles. The summed E-state index contributed by atoms with van der Waals surface area (Å²) < 4.78 is 0. The Bertz CT molecular complexity index is 674. The number of hydrogen-bond acceptors (Lipinski definition) is 2. The van der Waals surface area contributed by atoms with Crippen molar-refractivity contribution in [2.24, 2.45) is 0 Å². The van der Waals surface area contributed by atoms with Crippen LogP contribution in [-0.4, -0.2) is 5.78 Å². The first-order chi connectivity index (χ1) is 9.95. The van der Waals surface area contributed by atoms with Gasteiger partial charge in [0.05, 0.1) is 6.42 Å². The Morgan fingerprint density at radius 2 is 1.76 bits per heavy atom. The summed E-state index contributed by atoms with van der Waals surface area (Å²) in [4.78, 5) is 12.1. The molecular weight excluding hydrogens is 282 g/mol. The van der Waals surface area contributed by atoms with Gasteiger partial charge in [-0.15, -0.1) is 0 Å². The van der Waals surface area contributed by atoms with Crippen LogP contribution in [0.3, 0.4) is 0 Å². The van der Waals surface area contributed by atoms with E-state index < -0.39 is 0 Å². The van der Waals surface area contributed by atoms with Gasteiger partial charge in [-0.25, -0.2) is 0 Å². The lowest BCUT2D eigenvalue weighted by molar-refractivity contribution is 0.0993. The maximum atomic E-state index is 12.1. The molecule has 0 aliphatic heterocycles. The molecule has 0 heterocycles. The minimum Gasteiger partial charge on any atom is -0.359 e. The third kappa shape index (κ3) is 4.20. The maximum absolute atomic E-state index is 12.1. The van der Waals surface area contributed by atoms with Crippen molar-refractivity contribution < 1.29 is 4.79 Å². The fourth-order valence-corrected chi connectivity index (χ4v) is 2.13. The van der Waals surface area contributed by atoms with E-state index in [-0.39, 0.29) is 12.2 Å². The summed E-state index contributed by atoms with van der Waals surface area (Å²) in [6.45, 7) is 8.05. The maximum Gasteiger partial charge on any atom is 0.168 e. The zero-order valence-corrected chi connectivity index (χ0v) is 13.0. The normalized spacial score (nSPS) is 10.2. The number of halogens is 1. The standard InChI is InChI=1S/C18H18ClNO/c1-12-4-9-17(10-13(12)2)20-14(3)11-18(21)15-5-7-16(19)8-6-15/h4-10,20H,3,11H2,1-2H3. The number of rotatable bonds is 5. The first kappa shape index (κ1) is 15.3. The Balaban J connectivity index is 1.99. The smallest absolute Gasteiger partial charge is 0.168 e. The molecule has 3 heteroatoms. The number of benzene rings is 2. The van der Waals surface area contributed by atoms with Gasteiger partial charge in [0.25, 0.3) is 0 Å². The quantitative estimate of drug-likeness (QED) is 0.773. The van der Waals surface area contributed by atoms with Gasteiger partial charge in [-0.1, -0.05) is 24.2 Å². The van der Waals surface area contributed by atoms with Crippen molar-refractivity contribution in [3.63, 3.8) is 0 Å². The molecule has 0 bridgehead atoms. The fraction of sp³-hybridized carbons (Fsp3) is 0.167. The minimum atomic E-state index is 0.0213. The lowest BCUT2D eigenvalue weighted by Crippen LogP contribution is -2.06.